The Bertz CT molecular complexity index is 406. The average molecular weight is 252 g/mol. The molecule has 0 aromatic heterocycles. The molecule has 0 fully saturated rings. The number of hydrogen-bond acceptors (Lipinski definition) is 4. The van der Waals surface area contributed by atoms with Gasteiger partial charge in [0.1, 0.15) is 0 Å². The van der Waals surface area contributed by atoms with Crippen LogP contribution < -0.4 is 5.32 Å². The summed E-state index contributed by atoms with van der Waals surface area (Å²) in [6.07, 6.45) is 2.05. The first-order chi connectivity index (χ1) is 7.79. The molecule has 1 atom stereocenters. The molecule has 1 aliphatic rings. The Morgan fingerprint density at radius 3 is 2.88 bits per heavy atom. The third kappa shape index (κ3) is 2.80. The minimum atomic E-state index is -0.0893. The van der Waals surface area contributed by atoms with Crippen molar-refractivity contribution in [2.75, 3.05) is 12.8 Å². The van der Waals surface area contributed by atoms with Crippen LogP contribution in [0.3, 0.4) is 0 Å². The average Bonchev–Trinajstić information content (AvgIpc) is 2.78. The predicted molar refractivity (Wildman–Crippen MR) is 71.1 cm³/mol. The monoisotopic (exact) mass is 252 g/mol. The van der Waals surface area contributed by atoms with Crippen LogP contribution in [0.4, 0.5) is 0 Å². The molecule has 1 heterocycles. The number of amides is 1. The van der Waals surface area contributed by atoms with E-state index in [-0.39, 0.29) is 5.91 Å². The van der Waals surface area contributed by atoms with Gasteiger partial charge in [0.15, 0.2) is 5.17 Å². The standard InChI is InChI=1S/C11H12N2OS2/c1-15-9-7-12-11(16-9)13-10(14)8-5-3-2-4-6-8/h2-6,9H,7H2,1H3,(H,12,13,14). The van der Waals surface area contributed by atoms with Crippen molar-refractivity contribution in [3.05, 3.63) is 35.9 Å². The summed E-state index contributed by atoms with van der Waals surface area (Å²) in [6, 6.07) is 9.18. The lowest BCUT2D eigenvalue weighted by Gasteiger charge is -2.05. The molecule has 2 rings (SSSR count). The summed E-state index contributed by atoms with van der Waals surface area (Å²) < 4.78 is 0.436. The van der Waals surface area contributed by atoms with Crippen LogP contribution >= 0.6 is 23.5 Å². The topological polar surface area (TPSA) is 41.5 Å². The highest BCUT2D eigenvalue weighted by Gasteiger charge is 2.20. The first-order valence-electron chi connectivity index (χ1n) is 4.90. The third-order valence-corrected chi connectivity index (χ3v) is 4.55. The van der Waals surface area contributed by atoms with E-state index < -0.39 is 0 Å². The van der Waals surface area contributed by atoms with Gasteiger partial charge in [-0.1, -0.05) is 30.0 Å². The van der Waals surface area contributed by atoms with Gasteiger partial charge in [0, 0.05) is 5.56 Å². The fraction of sp³-hybridized carbons (Fsp3) is 0.273. The van der Waals surface area contributed by atoms with E-state index in [1.54, 1.807) is 35.7 Å². The molecule has 16 heavy (non-hydrogen) atoms. The summed E-state index contributed by atoms with van der Waals surface area (Å²) in [7, 11) is 0. The van der Waals surface area contributed by atoms with Crippen molar-refractivity contribution in [1.82, 2.24) is 5.32 Å². The lowest BCUT2D eigenvalue weighted by atomic mass is 10.2. The Labute approximate surface area is 103 Å². The van der Waals surface area contributed by atoms with Crippen molar-refractivity contribution >= 4 is 34.6 Å². The molecule has 1 aromatic carbocycles. The zero-order valence-electron chi connectivity index (χ0n) is 8.84. The van der Waals surface area contributed by atoms with Gasteiger partial charge in [-0.05, 0) is 18.4 Å². The molecule has 1 unspecified atom stereocenters. The van der Waals surface area contributed by atoms with Crippen molar-refractivity contribution in [1.29, 1.82) is 0 Å². The van der Waals surface area contributed by atoms with Crippen LogP contribution in [0.5, 0.6) is 0 Å². The molecule has 1 aliphatic heterocycles. The van der Waals surface area contributed by atoms with Gasteiger partial charge < -0.3 is 5.32 Å². The van der Waals surface area contributed by atoms with Gasteiger partial charge in [-0.15, -0.1) is 11.8 Å². The van der Waals surface area contributed by atoms with Gasteiger partial charge in [0.25, 0.3) is 5.91 Å². The van der Waals surface area contributed by atoms with Gasteiger partial charge in [0.05, 0.1) is 11.1 Å². The number of amidine groups is 1. The molecular weight excluding hydrogens is 240 g/mol. The lowest BCUT2D eigenvalue weighted by Crippen LogP contribution is -2.27. The maximum atomic E-state index is 11.8. The summed E-state index contributed by atoms with van der Waals surface area (Å²) >= 11 is 3.37. The van der Waals surface area contributed by atoms with Gasteiger partial charge in [-0.3, -0.25) is 9.79 Å². The molecule has 1 aromatic rings. The summed E-state index contributed by atoms with van der Waals surface area (Å²) in [6.45, 7) is 0.774. The number of thioether (sulfide) groups is 2. The number of hydrogen-bond donors (Lipinski definition) is 1. The van der Waals surface area contributed by atoms with E-state index in [4.69, 9.17) is 0 Å². The molecule has 0 saturated heterocycles. The number of rotatable bonds is 2. The fourth-order valence-electron chi connectivity index (χ4n) is 1.31. The molecule has 0 bridgehead atoms. The van der Waals surface area contributed by atoms with E-state index in [2.05, 4.69) is 16.6 Å². The van der Waals surface area contributed by atoms with Crippen molar-refractivity contribution in [2.45, 2.75) is 4.58 Å². The summed E-state index contributed by atoms with van der Waals surface area (Å²) in [5.74, 6) is -0.0893. The maximum absolute atomic E-state index is 11.8. The number of nitrogens with one attached hydrogen (secondary N) is 1. The smallest absolute Gasteiger partial charge is 0.257 e. The van der Waals surface area contributed by atoms with Gasteiger partial charge >= 0.3 is 0 Å². The number of nitrogens with zero attached hydrogens (tertiary/aromatic N) is 1. The van der Waals surface area contributed by atoms with E-state index >= 15 is 0 Å². The minimum Gasteiger partial charge on any atom is -0.301 e. The zero-order chi connectivity index (χ0) is 11.4. The third-order valence-electron chi connectivity index (χ3n) is 2.15. The summed E-state index contributed by atoms with van der Waals surface area (Å²) in [4.78, 5) is 16.1. The number of aliphatic imine (C=N–C) groups is 1. The normalized spacial score (nSPS) is 19.3. The first-order valence-corrected chi connectivity index (χ1v) is 7.06. The van der Waals surface area contributed by atoms with Gasteiger partial charge in [0.2, 0.25) is 0 Å². The highest BCUT2D eigenvalue weighted by molar-refractivity contribution is 8.25. The van der Waals surface area contributed by atoms with E-state index in [9.17, 15) is 4.79 Å². The molecule has 3 nitrogen and oxygen atoms in total. The molecule has 1 N–H and O–H groups in total. The number of carbonyl (C=O) groups excluding carboxylic acids is 1. The SMILES string of the molecule is CSC1CN=C(NC(=O)c2ccccc2)S1. The molecule has 5 heteroatoms. The summed E-state index contributed by atoms with van der Waals surface area (Å²) in [5.41, 5.74) is 0.665. The number of benzene rings is 1. The maximum Gasteiger partial charge on any atom is 0.257 e. The van der Waals surface area contributed by atoms with Crippen LogP contribution in [-0.2, 0) is 0 Å². The van der Waals surface area contributed by atoms with Crippen molar-refractivity contribution in [2.24, 2.45) is 4.99 Å². The van der Waals surface area contributed by atoms with Crippen molar-refractivity contribution in [3.8, 4) is 0 Å². The second-order valence-electron chi connectivity index (χ2n) is 3.25. The van der Waals surface area contributed by atoms with Crippen LogP contribution in [0.2, 0.25) is 0 Å². The van der Waals surface area contributed by atoms with Crippen LogP contribution in [0, 0.1) is 0 Å². The Morgan fingerprint density at radius 1 is 1.50 bits per heavy atom. The quantitative estimate of drug-likeness (QED) is 0.877. The van der Waals surface area contributed by atoms with Gasteiger partial charge in [-0.25, -0.2) is 0 Å². The highest BCUT2D eigenvalue weighted by Crippen LogP contribution is 2.27. The molecule has 0 aliphatic carbocycles. The number of carbonyl (C=O) groups is 1. The largest absolute Gasteiger partial charge is 0.301 e. The Morgan fingerprint density at radius 2 is 2.25 bits per heavy atom. The van der Waals surface area contributed by atoms with Gasteiger partial charge in [-0.2, -0.15) is 0 Å². The van der Waals surface area contributed by atoms with Crippen molar-refractivity contribution < 1.29 is 4.79 Å². The van der Waals surface area contributed by atoms with E-state index in [1.807, 2.05) is 18.2 Å². The van der Waals surface area contributed by atoms with Crippen LogP contribution in [0.1, 0.15) is 10.4 Å². The highest BCUT2D eigenvalue weighted by atomic mass is 32.2. The molecule has 1 amide bonds. The minimum absolute atomic E-state index is 0.0893. The Balaban J connectivity index is 1.94. The van der Waals surface area contributed by atoms with Crippen LogP contribution in [0.15, 0.2) is 35.3 Å². The predicted octanol–water partition coefficient (Wildman–Crippen LogP) is 2.21. The fourth-order valence-corrected chi connectivity index (χ4v) is 2.89. The Kier molecular flexibility index (Phi) is 3.90. The first kappa shape index (κ1) is 11.5. The van der Waals surface area contributed by atoms with E-state index in [1.165, 1.54) is 0 Å². The molecular formula is C11H12N2OS2. The van der Waals surface area contributed by atoms with Crippen molar-refractivity contribution in [3.63, 3.8) is 0 Å². The zero-order valence-corrected chi connectivity index (χ0v) is 10.5. The van der Waals surface area contributed by atoms with Crippen LogP contribution in [0.25, 0.3) is 0 Å². The van der Waals surface area contributed by atoms with E-state index in [0.717, 1.165) is 11.7 Å². The van der Waals surface area contributed by atoms with E-state index in [0.29, 0.717) is 10.1 Å². The molecule has 0 radical (unpaired) electrons. The molecule has 0 spiro atoms. The summed E-state index contributed by atoms with van der Waals surface area (Å²) in [5, 5.41) is 3.55. The second kappa shape index (κ2) is 5.41. The Hall–Kier alpha value is -0.940. The lowest BCUT2D eigenvalue weighted by molar-refractivity contribution is 0.0978. The second-order valence-corrected chi connectivity index (χ2v) is 5.78. The molecule has 84 valence electrons. The molecule has 0 saturated carbocycles. The van der Waals surface area contributed by atoms with Crippen LogP contribution in [-0.4, -0.2) is 28.5 Å².